The van der Waals surface area contributed by atoms with E-state index >= 15 is 0 Å². The van der Waals surface area contributed by atoms with E-state index < -0.39 is 5.82 Å². The Labute approximate surface area is 132 Å². The summed E-state index contributed by atoms with van der Waals surface area (Å²) in [6.45, 7) is 6.18. The molecule has 5 heteroatoms. The summed E-state index contributed by atoms with van der Waals surface area (Å²) in [6, 6.07) is 6.62. The fraction of sp³-hybridized carbons (Fsp3) is 0.375. The van der Waals surface area contributed by atoms with Gasteiger partial charge in [0.05, 0.1) is 6.26 Å². The van der Waals surface area contributed by atoms with Crippen LogP contribution in [0.1, 0.15) is 25.2 Å². The summed E-state index contributed by atoms with van der Waals surface area (Å²) in [7, 11) is 0. The Morgan fingerprint density at radius 1 is 1.33 bits per heavy atom. The highest BCUT2D eigenvalue weighted by Gasteiger charge is 2.09. The van der Waals surface area contributed by atoms with Gasteiger partial charge in [0.15, 0.2) is 11.6 Å². The lowest BCUT2D eigenvalue weighted by atomic mass is 10.2. The van der Waals surface area contributed by atoms with Crippen LogP contribution in [0.4, 0.5) is 4.39 Å². The van der Waals surface area contributed by atoms with Gasteiger partial charge in [0, 0.05) is 16.6 Å². The second kappa shape index (κ2) is 7.61. The Balaban J connectivity index is 1.92. The highest BCUT2D eigenvalue weighted by atomic mass is 79.9. The first kappa shape index (κ1) is 16.0. The van der Waals surface area contributed by atoms with Gasteiger partial charge in [0.2, 0.25) is 0 Å². The molecule has 0 amide bonds. The minimum absolute atomic E-state index is 0.213. The van der Waals surface area contributed by atoms with Crippen LogP contribution in [0.25, 0.3) is 0 Å². The minimum Gasteiger partial charge on any atom is -0.483 e. The van der Waals surface area contributed by atoms with E-state index in [-0.39, 0.29) is 12.4 Å². The molecule has 0 spiro atoms. The van der Waals surface area contributed by atoms with Crippen LogP contribution in [-0.4, -0.2) is 6.54 Å². The zero-order valence-corrected chi connectivity index (χ0v) is 13.7. The molecule has 0 unspecified atom stereocenters. The van der Waals surface area contributed by atoms with Crippen molar-refractivity contribution in [2.24, 2.45) is 5.92 Å². The van der Waals surface area contributed by atoms with E-state index in [2.05, 4.69) is 35.1 Å². The molecule has 1 aromatic heterocycles. The molecule has 1 aromatic carbocycles. The van der Waals surface area contributed by atoms with Crippen molar-refractivity contribution in [1.82, 2.24) is 5.32 Å². The average Bonchev–Trinajstić information content (AvgIpc) is 2.85. The third-order valence-electron chi connectivity index (χ3n) is 2.96. The average molecular weight is 356 g/mol. The maximum absolute atomic E-state index is 13.7. The first-order valence-electron chi connectivity index (χ1n) is 6.90. The summed E-state index contributed by atoms with van der Waals surface area (Å²) in [6.07, 6.45) is 1.63. The monoisotopic (exact) mass is 355 g/mol. The minimum atomic E-state index is -0.393. The molecule has 0 aliphatic rings. The lowest BCUT2D eigenvalue weighted by Gasteiger charge is -2.09. The van der Waals surface area contributed by atoms with Crippen LogP contribution < -0.4 is 10.1 Å². The Hall–Kier alpha value is -1.33. The highest BCUT2D eigenvalue weighted by Crippen LogP contribution is 2.23. The molecule has 21 heavy (non-hydrogen) atoms. The van der Waals surface area contributed by atoms with Crippen molar-refractivity contribution in [3.8, 4) is 5.75 Å². The van der Waals surface area contributed by atoms with E-state index in [4.69, 9.17) is 9.15 Å². The third kappa shape index (κ3) is 4.86. The van der Waals surface area contributed by atoms with E-state index in [1.54, 1.807) is 18.4 Å². The van der Waals surface area contributed by atoms with Crippen molar-refractivity contribution in [1.29, 1.82) is 0 Å². The fourth-order valence-corrected chi connectivity index (χ4v) is 2.22. The van der Waals surface area contributed by atoms with E-state index in [0.29, 0.717) is 16.2 Å². The normalized spacial score (nSPS) is 11.1. The number of furan rings is 1. The number of rotatable bonds is 7. The molecule has 1 heterocycles. The Bertz CT molecular complexity index is 583. The van der Waals surface area contributed by atoms with Crippen LogP contribution in [-0.2, 0) is 13.2 Å². The van der Waals surface area contributed by atoms with E-state index in [0.717, 1.165) is 18.7 Å². The molecule has 0 saturated carbocycles. The van der Waals surface area contributed by atoms with Crippen LogP contribution in [0.5, 0.6) is 5.75 Å². The summed E-state index contributed by atoms with van der Waals surface area (Å²) in [4.78, 5) is 0. The SMILES string of the molecule is CC(C)CNCc1ccoc1COc1ccc(Br)cc1F. The zero-order valence-electron chi connectivity index (χ0n) is 12.2. The Morgan fingerprint density at radius 2 is 2.14 bits per heavy atom. The predicted molar refractivity (Wildman–Crippen MR) is 83.7 cm³/mol. The van der Waals surface area contributed by atoms with E-state index in [1.165, 1.54) is 6.07 Å². The molecule has 0 saturated heterocycles. The Kier molecular flexibility index (Phi) is 5.82. The molecule has 2 aromatic rings. The zero-order chi connectivity index (χ0) is 15.2. The van der Waals surface area contributed by atoms with Crippen molar-refractivity contribution in [3.63, 3.8) is 0 Å². The molecule has 0 fully saturated rings. The molecular formula is C16H19BrFNO2. The largest absolute Gasteiger partial charge is 0.483 e. The summed E-state index contributed by atoms with van der Waals surface area (Å²) < 4.78 is 25.3. The number of halogens is 2. The topological polar surface area (TPSA) is 34.4 Å². The van der Waals surface area contributed by atoms with E-state index in [9.17, 15) is 4.39 Å². The fourth-order valence-electron chi connectivity index (χ4n) is 1.88. The lowest BCUT2D eigenvalue weighted by molar-refractivity contribution is 0.256. The summed E-state index contributed by atoms with van der Waals surface area (Å²) in [5.74, 6) is 1.13. The highest BCUT2D eigenvalue weighted by molar-refractivity contribution is 9.10. The van der Waals surface area contributed by atoms with Crippen LogP contribution >= 0.6 is 15.9 Å². The van der Waals surface area contributed by atoms with Crippen molar-refractivity contribution in [3.05, 3.63) is 52.1 Å². The molecule has 114 valence electrons. The van der Waals surface area contributed by atoms with Gasteiger partial charge >= 0.3 is 0 Å². The van der Waals surface area contributed by atoms with Gasteiger partial charge in [-0.05, 0) is 36.7 Å². The van der Waals surface area contributed by atoms with E-state index in [1.807, 2.05) is 6.07 Å². The number of nitrogens with one attached hydrogen (secondary N) is 1. The van der Waals surface area contributed by atoms with Crippen molar-refractivity contribution in [2.45, 2.75) is 27.0 Å². The number of benzene rings is 1. The second-order valence-electron chi connectivity index (χ2n) is 5.26. The molecule has 0 aliphatic carbocycles. The summed E-state index contributed by atoms with van der Waals surface area (Å²) >= 11 is 3.22. The van der Waals surface area contributed by atoms with Gasteiger partial charge in [0.1, 0.15) is 12.4 Å². The van der Waals surface area contributed by atoms with Gasteiger partial charge in [-0.1, -0.05) is 29.8 Å². The summed E-state index contributed by atoms with van der Waals surface area (Å²) in [5, 5.41) is 3.35. The molecule has 0 bridgehead atoms. The van der Waals surface area contributed by atoms with Gasteiger partial charge in [-0.3, -0.25) is 0 Å². The number of hydrogen-bond acceptors (Lipinski definition) is 3. The first-order chi connectivity index (χ1) is 10.1. The van der Waals surface area contributed by atoms with Gasteiger partial charge < -0.3 is 14.5 Å². The van der Waals surface area contributed by atoms with Crippen LogP contribution in [0.15, 0.2) is 39.4 Å². The lowest BCUT2D eigenvalue weighted by Crippen LogP contribution is -2.19. The first-order valence-corrected chi connectivity index (χ1v) is 7.69. The maximum Gasteiger partial charge on any atom is 0.166 e. The predicted octanol–water partition coefficient (Wildman–Crippen LogP) is 4.51. The smallest absolute Gasteiger partial charge is 0.166 e. The maximum atomic E-state index is 13.7. The number of ether oxygens (including phenoxy) is 1. The third-order valence-corrected chi connectivity index (χ3v) is 3.45. The quantitative estimate of drug-likeness (QED) is 0.793. The van der Waals surface area contributed by atoms with Gasteiger partial charge in [-0.2, -0.15) is 0 Å². The van der Waals surface area contributed by atoms with Crippen molar-refractivity contribution < 1.29 is 13.5 Å². The molecule has 3 nitrogen and oxygen atoms in total. The number of hydrogen-bond donors (Lipinski definition) is 1. The van der Waals surface area contributed by atoms with Gasteiger partial charge in [-0.25, -0.2) is 4.39 Å². The van der Waals surface area contributed by atoms with Crippen LogP contribution in [0, 0.1) is 11.7 Å². The van der Waals surface area contributed by atoms with Crippen LogP contribution in [0.3, 0.4) is 0 Å². The van der Waals surface area contributed by atoms with Crippen molar-refractivity contribution >= 4 is 15.9 Å². The summed E-state index contributed by atoms with van der Waals surface area (Å²) in [5.41, 5.74) is 1.04. The Morgan fingerprint density at radius 3 is 2.86 bits per heavy atom. The molecule has 2 rings (SSSR count). The molecule has 0 atom stereocenters. The molecule has 1 N–H and O–H groups in total. The van der Waals surface area contributed by atoms with Gasteiger partial charge in [-0.15, -0.1) is 0 Å². The van der Waals surface area contributed by atoms with Crippen molar-refractivity contribution in [2.75, 3.05) is 6.54 Å². The molecule has 0 aliphatic heterocycles. The molecular weight excluding hydrogens is 337 g/mol. The van der Waals surface area contributed by atoms with Gasteiger partial charge in [0.25, 0.3) is 0 Å². The molecule has 0 radical (unpaired) electrons. The standard InChI is InChI=1S/C16H19BrFNO2/c1-11(2)8-19-9-12-5-6-20-16(12)10-21-15-4-3-13(17)7-14(15)18/h3-7,11,19H,8-10H2,1-2H3. The van der Waals surface area contributed by atoms with Crippen LogP contribution in [0.2, 0.25) is 0 Å². The second-order valence-corrected chi connectivity index (χ2v) is 6.17.